The van der Waals surface area contributed by atoms with E-state index < -0.39 is 5.97 Å². The third-order valence-electron chi connectivity index (χ3n) is 3.00. The molecule has 0 saturated heterocycles. The largest absolute Gasteiger partial charge is 0.426 e. The molecule has 0 saturated carbocycles. The topological polar surface area (TPSA) is 69.9 Å². The highest BCUT2D eigenvalue weighted by molar-refractivity contribution is 6.42. The fourth-order valence-electron chi connectivity index (χ4n) is 1.95. The van der Waals surface area contributed by atoms with Crippen LogP contribution in [0.1, 0.15) is 5.56 Å². The highest BCUT2D eigenvalue weighted by Gasteiger charge is 2.09. The zero-order chi connectivity index (χ0) is 16.2. The van der Waals surface area contributed by atoms with E-state index in [9.17, 15) is 4.79 Å². The fourth-order valence-corrected chi connectivity index (χ4v) is 2.27. The average Bonchev–Trinajstić information content (AvgIpc) is 3.05. The Hall–Kier alpha value is -2.44. The second kappa shape index (κ2) is 6.76. The Bertz CT molecular complexity index is 837. The minimum atomic E-state index is -0.405. The van der Waals surface area contributed by atoms with E-state index in [0.29, 0.717) is 21.5 Å². The van der Waals surface area contributed by atoms with Crippen molar-refractivity contribution in [3.8, 4) is 11.4 Å². The molecule has 0 amide bonds. The molecular weight excluding hydrogens is 339 g/mol. The molecule has 116 valence electrons. The number of hydrogen-bond acceptors (Lipinski definition) is 5. The van der Waals surface area contributed by atoms with Crippen LogP contribution in [0.3, 0.4) is 0 Å². The summed E-state index contributed by atoms with van der Waals surface area (Å²) >= 11 is 11.8. The van der Waals surface area contributed by atoms with Gasteiger partial charge in [-0.05, 0) is 40.3 Å². The van der Waals surface area contributed by atoms with Gasteiger partial charge in [-0.25, -0.2) is 4.68 Å². The maximum absolute atomic E-state index is 12.0. The molecule has 1 aromatic heterocycles. The number of nitrogens with zero attached hydrogens (tertiary/aromatic N) is 4. The van der Waals surface area contributed by atoms with E-state index in [2.05, 4.69) is 15.5 Å². The van der Waals surface area contributed by atoms with Gasteiger partial charge in [0.1, 0.15) is 12.1 Å². The molecule has 6 nitrogen and oxygen atoms in total. The lowest BCUT2D eigenvalue weighted by atomic mass is 10.1. The van der Waals surface area contributed by atoms with Gasteiger partial charge in [-0.2, -0.15) is 0 Å². The Morgan fingerprint density at radius 2 is 2.00 bits per heavy atom. The summed E-state index contributed by atoms with van der Waals surface area (Å²) in [4.78, 5) is 12.0. The monoisotopic (exact) mass is 348 g/mol. The van der Waals surface area contributed by atoms with Crippen LogP contribution in [0.15, 0.2) is 48.8 Å². The van der Waals surface area contributed by atoms with Crippen molar-refractivity contribution in [3.05, 3.63) is 64.4 Å². The predicted octanol–water partition coefficient (Wildman–Crippen LogP) is 3.12. The van der Waals surface area contributed by atoms with E-state index in [0.717, 1.165) is 5.56 Å². The SMILES string of the molecule is O=C(Cc1ccc(Cl)c(Cl)c1)Oc1cccc(-n2cnnn2)c1. The highest BCUT2D eigenvalue weighted by atomic mass is 35.5. The van der Waals surface area contributed by atoms with E-state index >= 15 is 0 Å². The first-order valence-electron chi connectivity index (χ1n) is 6.60. The van der Waals surface area contributed by atoms with Gasteiger partial charge in [0.15, 0.2) is 0 Å². The number of hydrogen-bond donors (Lipinski definition) is 0. The standard InChI is InChI=1S/C15H10Cl2N4O2/c16-13-5-4-10(6-14(13)17)7-15(22)23-12-3-1-2-11(8-12)21-9-18-19-20-21/h1-6,8-9H,7H2. The number of ether oxygens (including phenoxy) is 1. The molecule has 0 spiro atoms. The van der Waals surface area contributed by atoms with E-state index in [4.69, 9.17) is 27.9 Å². The van der Waals surface area contributed by atoms with Gasteiger partial charge in [0.2, 0.25) is 0 Å². The van der Waals surface area contributed by atoms with E-state index in [1.807, 2.05) is 0 Å². The van der Waals surface area contributed by atoms with Gasteiger partial charge in [0, 0.05) is 6.07 Å². The van der Waals surface area contributed by atoms with Crippen molar-refractivity contribution in [2.45, 2.75) is 6.42 Å². The van der Waals surface area contributed by atoms with Crippen LogP contribution in [0, 0.1) is 0 Å². The summed E-state index contributed by atoms with van der Waals surface area (Å²) in [6, 6.07) is 11.9. The second-order valence-electron chi connectivity index (χ2n) is 4.65. The smallest absolute Gasteiger partial charge is 0.315 e. The molecule has 1 heterocycles. The normalized spacial score (nSPS) is 10.5. The molecule has 0 atom stereocenters. The van der Waals surface area contributed by atoms with Gasteiger partial charge in [0.25, 0.3) is 0 Å². The van der Waals surface area contributed by atoms with Crippen molar-refractivity contribution in [1.29, 1.82) is 0 Å². The first-order chi connectivity index (χ1) is 11.1. The molecule has 0 aliphatic heterocycles. The molecular formula is C15H10Cl2N4O2. The first kappa shape index (κ1) is 15.5. The molecule has 3 aromatic rings. The number of benzene rings is 2. The van der Waals surface area contributed by atoms with Crippen LogP contribution in [-0.2, 0) is 11.2 Å². The van der Waals surface area contributed by atoms with Gasteiger partial charge in [-0.1, -0.05) is 35.3 Å². The van der Waals surface area contributed by atoms with Crippen molar-refractivity contribution in [2.24, 2.45) is 0 Å². The Morgan fingerprint density at radius 3 is 2.74 bits per heavy atom. The summed E-state index contributed by atoms with van der Waals surface area (Å²) in [5, 5.41) is 11.7. The Balaban J connectivity index is 1.70. The third kappa shape index (κ3) is 3.85. The lowest BCUT2D eigenvalue weighted by molar-refractivity contribution is -0.133. The van der Waals surface area contributed by atoms with Gasteiger partial charge in [0.05, 0.1) is 22.2 Å². The zero-order valence-electron chi connectivity index (χ0n) is 11.7. The second-order valence-corrected chi connectivity index (χ2v) is 5.47. The Labute approximate surface area is 141 Å². The van der Waals surface area contributed by atoms with E-state index in [1.165, 1.54) is 11.0 Å². The molecule has 0 aliphatic carbocycles. The molecule has 0 fully saturated rings. The summed E-state index contributed by atoms with van der Waals surface area (Å²) in [5.41, 5.74) is 1.41. The third-order valence-corrected chi connectivity index (χ3v) is 3.73. The highest BCUT2D eigenvalue weighted by Crippen LogP contribution is 2.23. The van der Waals surface area contributed by atoms with Crippen molar-refractivity contribution < 1.29 is 9.53 Å². The Morgan fingerprint density at radius 1 is 1.13 bits per heavy atom. The first-order valence-corrected chi connectivity index (χ1v) is 7.35. The molecule has 23 heavy (non-hydrogen) atoms. The van der Waals surface area contributed by atoms with Crippen molar-refractivity contribution >= 4 is 29.2 Å². The van der Waals surface area contributed by atoms with Crippen molar-refractivity contribution in [1.82, 2.24) is 20.2 Å². The van der Waals surface area contributed by atoms with Crippen LogP contribution in [0.2, 0.25) is 10.0 Å². The van der Waals surface area contributed by atoms with Crippen molar-refractivity contribution in [2.75, 3.05) is 0 Å². The Kier molecular flexibility index (Phi) is 4.55. The number of carbonyl (C=O) groups is 1. The lowest BCUT2D eigenvalue weighted by Gasteiger charge is -2.07. The molecule has 0 bridgehead atoms. The van der Waals surface area contributed by atoms with Gasteiger partial charge < -0.3 is 4.74 Å². The van der Waals surface area contributed by atoms with Crippen LogP contribution in [0.5, 0.6) is 5.75 Å². The summed E-state index contributed by atoms with van der Waals surface area (Å²) in [5.74, 6) is 0.000292. The van der Waals surface area contributed by atoms with Crippen LogP contribution >= 0.6 is 23.2 Å². The minimum Gasteiger partial charge on any atom is -0.426 e. The number of esters is 1. The molecule has 8 heteroatoms. The summed E-state index contributed by atoms with van der Waals surface area (Å²) in [6.07, 6.45) is 1.54. The molecule has 0 unspecified atom stereocenters. The molecule has 2 aromatic carbocycles. The number of aromatic nitrogens is 4. The van der Waals surface area contributed by atoms with Gasteiger partial charge >= 0.3 is 5.97 Å². The average molecular weight is 349 g/mol. The maximum Gasteiger partial charge on any atom is 0.315 e. The van der Waals surface area contributed by atoms with Crippen LogP contribution in [0.25, 0.3) is 5.69 Å². The van der Waals surface area contributed by atoms with Crippen molar-refractivity contribution in [3.63, 3.8) is 0 Å². The summed E-state index contributed by atoms with van der Waals surface area (Å²) in [7, 11) is 0. The van der Waals surface area contributed by atoms with E-state index in [1.54, 1.807) is 42.5 Å². The fraction of sp³-hybridized carbons (Fsp3) is 0.0667. The predicted molar refractivity (Wildman–Crippen MR) is 85.0 cm³/mol. The number of halogens is 2. The van der Waals surface area contributed by atoms with Gasteiger partial charge in [-0.15, -0.1) is 5.10 Å². The molecule has 0 N–H and O–H groups in total. The number of carbonyl (C=O) groups excluding carboxylic acids is 1. The molecule has 0 aliphatic rings. The quantitative estimate of drug-likeness (QED) is 0.535. The maximum atomic E-state index is 12.0. The van der Waals surface area contributed by atoms with Gasteiger partial charge in [-0.3, -0.25) is 4.79 Å². The zero-order valence-corrected chi connectivity index (χ0v) is 13.2. The molecule has 0 radical (unpaired) electrons. The minimum absolute atomic E-state index is 0.0893. The number of tetrazole rings is 1. The van der Waals surface area contributed by atoms with E-state index in [-0.39, 0.29) is 6.42 Å². The summed E-state index contributed by atoms with van der Waals surface area (Å²) < 4.78 is 6.80. The molecule has 3 rings (SSSR count). The lowest BCUT2D eigenvalue weighted by Crippen LogP contribution is -2.11. The number of rotatable bonds is 4. The van der Waals surface area contributed by atoms with Crippen LogP contribution in [0.4, 0.5) is 0 Å². The van der Waals surface area contributed by atoms with Crippen LogP contribution in [-0.4, -0.2) is 26.2 Å². The summed E-state index contributed by atoms with van der Waals surface area (Å²) in [6.45, 7) is 0. The van der Waals surface area contributed by atoms with Crippen LogP contribution < -0.4 is 4.74 Å².